The summed E-state index contributed by atoms with van der Waals surface area (Å²) >= 11 is 0. The van der Waals surface area contributed by atoms with Crippen molar-refractivity contribution in [2.75, 3.05) is 6.61 Å². The maximum atomic E-state index is 11.8. The molecule has 0 bridgehead atoms. The Morgan fingerprint density at radius 1 is 1.44 bits per heavy atom. The molecule has 1 saturated carbocycles. The molecule has 4 heteroatoms. The molecule has 0 atom stereocenters. The van der Waals surface area contributed by atoms with Crippen LogP contribution in [0, 0.1) is 11.7 Å². The Hall–Kier alpha value is -1.45. The molecule has 0 amide bonds. The van der Waals surface area contributed by atoms with Crippen LogP contribution in [0.15, 0.2) is 24.5 Å². The lowest BCUT2D eigenvalue weighted by atomic mass is 9.89. The molecule has 0 aromatic carbocycles. The van der Waals surface area contributed by atoms with Gasteiger partial charge in [-0.15, -0.1) is 0 Å². The zero-order chi connectivity index (χ0) is 13.2. The number of hydrogen-bond acceptors (Lipinski definition) is 3. The van der Waals surface area contributed by atoms with Gasteiger partial charge >= 0.3 is 5.97 Å². The van der Waals surface area contributed by atoms with Crippen LogP contribution in [0.3, 0.4) is 0 Å². The monoisotopic (exact) mass is 253 g/mol. The van der Waals surface area contributed by atoms with Crippen LogP contribution in [-0.2, 0) is 9.53 Å². The minimum absolute atomic E-state index is 0.0206. The smallest absolute Gasteiger partial charge is 0.308 e. The first-order chi connectivity index (χ1) is 8.74. The van der Waals surface area contributed by atoms with E-state index in [1.54, 1.807) is 6.07 Å². The van der Waals surface area contributed by atoms with Crippen molar-refractivity contribution < 1.29 is 13.9 Å². The number of halogens is 1. The Bertz CT molecular complexity index is 337. The van der Waals surface area contributed by atoms with Crippen LogP contribution in [-0.4, -0.2) is 17.6 Å². The third kappa shape index (κ3) is 5.75. The predicted octanol–water partition coefficient (Wildman–Crippen LogP) is 3.35. The van der Waals surface area contributed by atoms with Crippen LogP contribution in [0.2, 0.25) is 0 Å². The van der Waals surface area contributed by atoms with E-state index in [0.717, 1.165) is 12.8 Å². The van der Waals surface area contributed by atoms with Gasteiger partial charge in [0.2, 0.25) is 0 Å². The lowest BCUT2D eigenvalue weighted by Gasteiger charge is -2.19. The van der Waals surface area contributed by atoms with Crippen molar-refractivity contribution >= 4 is 5.97 Å². The van der Waals surface area contributed by atoms with E-state index in [1.807, 2.05) is 6.92 Å². The van der Waals surface area contributed by atoms with Crippen LogP contribution < -0.4 is 0 Å². The fourth-order valence-electron chi connectivity index (χ4n) is 1.94. The molecule has 0 radical (unpaired) electrons. The van der Waals surface area contributed by atoms with Crippen molar-refractivity contribution in [2.45, 2.75) is 39.0 Å². The van der Waals surface area contributed by atoms with Gasteiger partial charge in [-0.3, -0.25) is 9.78 Å². The molecule has 1 aromatic heterocycles. The van der Waals surface area contributed by atoms with Crippen molar-refractivity contribution in [2.24, 2.45) is 5.92 Å². The molecule has 0 N–H and O–H groups in total. The summed E-state index contributed by atoms with van der Waals surface area (Å²) < 4.78 is 16.8. The average Bonchev–Trinajstić information content (AvgIpc) is 2.42. The number of nitrogens with zero attached hydrogens (tertiary/aromatic N) is 1. The van der Waals surface area contributed by atoms with Gasteiger partial charge in [0, 0.05) is 6.20 Å². The van der Waals surface area contributed by atoms with Crippen molar-refractivity contribution in [1.29, 1.82) is 0 Å². The summed E-state index contributed by atoms with van der Waals surface area (Å²) in [5.74, 6) is -0.0570. The fourth-order valence-corrected chi connectivity index (χ4v) is 1.94. The number of carbonyl (C=O) groups excluding carboxylic acids is 1. The normalized spacial score (nSPS) is 15.4. The average molecular weight is 253 g/mol. The molecule has 1 fully saturated rings. The van der Waals surface area contributed by atoms with Gasteiger partial charge in [0.25, 0.3) is 0 Å². The van der Waals surface area contributed by atoms with Crippen LogP contribution in [0.1, 0.15) is 39.0 Å². The van der Waals surface area contributed by atoms with Crippen LogP contribution >= 0.6 is 0 Å². The highest BCUT2D eigenvalue weighted by Crippen LogP contribution is 2.24. The van der Waals surface area contributed by atoms with Crippen molar-refractivity contribution in [3.05, 3.63) is 30.3 Å². The van der Waals surface area contributed by atoms with Crippen LogP contribution in [0.4, 0.5) is 4.39 Å². The molecule has 100 valence electrons. The third-order valence-corrected chi connectivity index (χ3v) is 2.85. The standard InChI is InChI=1S/C9H16O2.C5H4FN/c1-2-11-9(10)8-6-4-3-5-7-8;6-5-2-1-3-7-4-5/h8H,2-7H2,1H3;1-4H. The quantitative estimate of drug-likeness (QED) is 0.759. The summed E-state index contributed by atoms with van der Waals surface area (Å²) in [6.07, 6.45) is 8.46. The predicted molar refractivity (Wildman–Crippen MR) is 67.4 cm³/mol. The van der Waals surface area contributed by atoms with Gasteiger partial charge in [-0.05, 0) is 31.9 Å². The molecular formula is C14H20FNO2. The largest absolute Gasteiger partial charge is 0.466 e. The van der Waals surface area contributed by atoms with E-state index >= 15 is 0 Å². The van der Waals surface area contributed by atoms with Gasteiger partial charge in [0.05, 0.1) is 18.7 Å². The molecule has 0 saturated heterocycles. The Kier molecular flexibility index (Phi) is 6.99. The number of ether oxygens (including phenoxy) is 1. The molecule has 1 heterocycles. The molecular weight excluding hydrogens is 233 g/mol. The molecule has 2 rings (SSSR count). The van der Waals surface area contributed by atoms with Crippen molar-refractivity contribution in [3.8, 4) is 0 Å². The number of aromatic nitrogens is 1. The third-order valence-electron chi connectivity index (χ3n) is 2.85. The van der Waals surface area contributed by atoms with E-state index in [1.165, 1.54) is 37.7 Å². The summed E-state index contributed by atoms with van der Waals surface area (Å²) in [5, 5.41) is 0. The van der Waals surface area contributed by atoms with E-state index < -0.39 is 0 Å². The van der Waals surface area contributed by atoms with E-state index in [-0.39, 0.29) is 17.7 Å². The van der Waals surface area contributed by atoms with Gasteiger partial charge < -0.3 is 4.74 Å². The number of esters is 1. The second kappa shape index (κ2) is 8.61. The zero-order valence-corrected chi connectivity index (χ0v) is 10.8. The number of hydrogen-bond donors (Lipinski definition) is 0. The molecule has 0 spiro atoms. The van der Waals surface area contributed by atoms with Crippen LogP contribution in [0.25, 0.3) is 0 Å². The Balaban J connectivity index is 0.000000199. The van der Waals surface area contributed by atoms with Crippen molar-refractivity contribution in [1.82, 2.24) is 4.98 Å². The van der Waals surface area contributed by atoms with Gasteiger partial charge in [0.1, 0.15) is 5.82 Å². The van der Waals surface area contributed by atoms with Gasteiger partial charge in [-0.25, -0.2) is 4.39 Å². The highest BCUT2D eigenvalue weighted by molar-refractivity contribution is 5.72. The van der Waals surface area contributed by atoms with E-state index in [9.17, 15) is 9.18 Å². The number of carbonyl (C=O) groups is 1. The van der Waals surface area contributed by atoms with E-state index in [0.29, 0.717) is 6.61 Å². The molecule has 0 aliphatic heterocycles. The lowest BCUT2D eigenvalue weighted by molar-refractivity contribution is -0.149. The summed E-state index contributed by atoms with van der Waals surface area (Å²) in [5.41, 5.74) is 0. The maximum Gasteiger partial charge on any atom is 0.308 e. The highest BCUT2D eigenvalue weighted by Gasteiger charge is 2.21. The molecule has 0 unspecified atom stereocenters. The first-order valence-corrected chi connectivity index (χ1v) is 6.46. The molecule has 18 heavy (non-hydrogen) atoms. The molecule has 3 nitrogen and oxygen atoms in total. The zero-order valence-electron chi connectivity index (χ0n) is 10.8. The van der Waals surface area contributed by atoms with Crippen molar-refractivity contribution in [3.63, 3.8) is 0 Å². The minimum atomic E-state index is -0.289. The molecule has 1 aliphatic rings. The maximum absolute atomic E-state index is 11.8. The van der Waals surface area contributed by atoms with E-state index in [4.69, 9.17) is 4.74 Å². The first-order valence-electron chi connectivity index (χ1n) is 6.46. The lowest BCUT2D eigenvalue weighted by Crippen LogP contribution is -2.20. The summed E-state index contributed by atoms with van der Waals surface area (Å²) in [7, 11) is 0. The SMILES string of the molecule is CCOC(=O)C1CCCCC1.Fc1cccnc1. The van der Waals surface area contributed by atoms with Gasteiger partial charge in [0.15, 0.2) is 0 Å². The molecule has 1 aromatic rings. The Labute approximate surface area is 107 Å². The second-order valence-electron chi connectivity index (χ2n) is 4.26. The Morgan fingerprint density at radius 2 is 2.17 bits per heavy atom. The molecule has 1 aliphatic carbocycles. The highest BCUT2D eigenvalue weighted by atomic mass is 19.1. The minimum Gasteiger partial charge on any atom is -0.466 e. The van der Waals surface area contributed by atoms with Gasteiger partial charge in [-0.1, -0.05) is 19.3 Å². The summed E-state index contributed by atoms with van der Waals surface area (Å²) in [6, 6.07) is 2.91. The Morgan fingerprint density at radius 3 is 2.61 bits per heavy atom. The number of rotatable bonds is 2. The number of pyridine rings is 1. The summed E-state index contributed by atoms with van der Waals surface area (Å²) in [4.78, 5) is 14.7. The summed E-state index contributed by atoms with van der Waals surface area (Å²) in [6.45, 7) is 2.38. The fraction of sp³-hybridized carbons (Fsp3) is 0.571. The van der Waals surface area contributed by atoms with Crippen LogP contribution in [0.5, 0.6) is 0 Å². The topological polar surface area (TPSA) is 39.2 Å². The van der Waals surface area contributed by atoms with Gasteiger partial charge in [-0.2, -0.15) is 0 Å². The second-order valence-corrected chi connectivity index (χ2v) is 4.26. The first kappa shape index (κ1) is 14.6. The van der Waals surface area contributed by atoms with E-state index in [2.05, 4.69) is 4.98 Å².